The lowest BCUT2D eigenvalue weighted by Crippen LogP contribution is -2.45. The van der Waals surface area contributed by atoms with E-state index < -0.39 is 5.54 Å². The van der Waals surface area contributed by atoms with Gasteiger partial charge in [0.25, 0.3) is 5.91 Å². The molecule has 0 spiro atoms. The maximum Gasteiger partial charge on any atom is 0.325 e. The number of urea groups is 1. The molecule has 1 fully saturated rings. The Balaban J connectivity index is 1.47. The summed E-state index contributed by atoms with van der Waals surface area (Å²) >= 11 is 0. The van der Waals surface area contributed by atoms with Crippen LogP contribution < -0.4 is 10.1 Å². The third-order valence-electron chi connectivity index (χ3n) is 5.31. The largest absolute Gasteiger partial charge is 0.494 e. The Morgan fingerprint density at radius 2 is 1.27 bits per heavy atom. The fraction of sp³-hybridized carbons (Fsp3) is 0.200. The van der Waals surface area contributed by atoms with E-state index in [2.05, 4.69) is 5.32 Å². The van der Waals surface area contributed by atoms with Gasteiger partial charge in [-0.25, -0.2) is 4.79 Å². The highest BCUT2D eigenvalue weighted by Gasteiger charge is 2.53. The molecule has 0 radical (unpaired) electrons. The van der Waals surface area contributed by atoms with Crippen LogP contribution in [0.2, 0.25) is 0 Å². The molecule has 5 heteroatoms. The molecule has 0 atom stereocenters. The van der Waals surface area contributed by atoms with Gasteiger partial charge >= 0.3 is 6.03 Å². The normalized spacial score (nSPS) is 15.1. The molecular formula is C25H24N2O3. The summed E-state index contributed by atoms with van der Waals surface area (Å²) in [4.78, 5) is 27.7. The fourth-order valence-electron chi connectivity index (χ4n) is 3.79. The van der Waals surface area contributed by atoms with Crippen molar-refractivity contribution in [2.45, 2.75) is 18.4 Å². The summed E-state index contributed by atoms with van der Waals surface area (Å²) in [5.74, 6) is 0.577. The molecule has 1 aliphatic heterocycles. The molecule has 1 heterocycles. The molecule has 0 aromatic heterocycles. The summed E-state index contributed by atoms with van der Waals surface area (Å²) in [6.45, 7) is 0.889. The van der Waals surface area contributed by atoms with Crippen LogP contribution >= 0.6 is 0 Å². The van der Waals surface area contributed by atoms with E-state index in [9.17, 15) is 9.59 Å². The number of carbonyl (C=O) groups excluding carboxylic acids is 2. The van der Waals surface area contributed by atoms with Gasteiger partial charge in [-0.2, -0.15) is 0 Å². The van der Waals surface area contributed by atoms with Crippen molar-refractivity contribution in [1.29, 1.82) is 0 Å². The molecule has 30 heavy (non-hydrogen) atoms. The Bertz CT molecular complexity index is 951. The second kappa shape index (κ2) is 8.82. The molecule has 3 amide bonds. The summed E-state index contributed by atoms with van der Waals surface area (Å²) in [7, 11) is 0. The number of amides is 3. The molecule has 1 N–H and O–H groups in total. The fourth-order valence-corrected chi connectivity index (χ4v) is 3.79. The molecule has 5 nitrogen and oxygen atoms in total. The highest BCUT2D eigenvalue weighted by molar-refractivity contribution is 6.09. The van der Waals surface area contributed by atoms with E-state index in [4.69, 9.17) is 4.74 Å². The molecule has 0 saturated carbocycles. The molecular weight excluding hydrogens is 376 g/mol. The van der Waals surface area contributed by atoms with Crippen molar-refractivity contribution in [3.8, 4) is 5.75 Å². The number of imide groups is 1. The van der Waals surface area contributed by atoms with Gasteiger partial charge in [-0.3, -0.25) is 9.69 Å². The first-order chi connectivity index (χ1) is 14.7. The number of hydrogen-bond donors (Lipinski definition) is 1. The molecule has 0 aliphatic carbocycles. The third kappa shape index (κ3) is 3.79. The molecule has 3 aromatic rings. The zero-order valence-corrected chi connectivity index (χ0v) is 16.7. The number of benzene rings is 3. The number of nitrogens with one attached hydrogen (secondary N) is 1. The number of hydrogen-bond acceptors (Lipinski definition) is 3. The maximum absolute atomic E-state index is 13.5. The van der Waals surface area contributed by atoms with Crippen LogP contribution in [0, 0.1) is 0 Å². The number of rotatable bonds is 8. The van der Waals surface area contributed by atoms with E-state index in [-0.39, 0.29) is 11.9 Å². The first-order valence-corrected chi connectivity index (χ1v) is 10.1. The van der Waals surface area contributed by atoms with Crippen molar-refractivity contribution < 1.29 is 14.3 Å². The number of para-hydroxylation sites is 1. The highest BCUT2D eigenvalue weighted by Crippen LogP contribution is 2.36. The predicted octanol–water partition coefficient (Wildman–Crippen LogP) is 4.34. The monoisotopic (exact) mass is 400 g/mol. The lowest BCUT2D eigenvalue weighted by atomic mass is 9.82. The molecule has 1 saturated heterocycles. The minimum atomic E-state index is -1.19. The average molecular weight is 400 g/mol. The van der Waals surface area contributed by atoms with Gasteiger partial charge in [0, 0.05) is 6.54 Å². The predicted molar refractivity (Wildman–Crippen MR) is 115 cm³/mol. The minimum absolute atomic E-state index is 0.242. The van der Waals surface area contributed by atoms with Crippen molar-refractivity contribution in [2.75, 3.05) is 13.2 Å². The zero-order valence-electron chi connectivity index (χ0n) is 16.7. The quantitative estimate of drug-likeness (QED) is 0.452. The van der Waals surface area contributed by atoms with Gasteiger partial charge in [0.05, 0.1) is 6.61 Å². The van der Waals surface area contributed by atoms with E-state index in [0.29, 0.717) is 19.6 Å². The van der Waals surface area contributed by atoms with Gasteiger partial charge < -0.3 is 10.1 Å². The van der Waals surface area contributed by atoms with E-state index >= 15 is 0 Å². The standard InChI is InChI=1S/C25H24N2O3/c28-23-25(20-12-4-1-5-13-20,21-14-6-2-7-15-21)26-24(29)27(23)18-10-11-19-30-22-16-8-3-9-17-22/h1-9,12-17H,10-11,18-19H2,(H,26,29). The Hall–Kier alpha value is -3.60. The lowest BCUT2D eigenvalue weighted by Gasteiger charge is -2.28. The van der Waals surface area contributed by atoms with Crippen molar-refractivity contribution in [3.05, 3.63) is 102 Å². The lowest BCUT2D eigenvalue weighted by molar-refractivity contribution is -0.130. The van der Waals surface area contributed by atoms with Crippen molar-refractivity contribution in [1.82, 2.24) is 10.2 Å². The van der Waals surface area contributed by atoms with Gasteiger partial charge in [0.2, 0.25) is 0 Å². The summed E-state index contributed by atoms with van der Waals surface area (Å²) in [5, 5.41) is 2.97. The first-order valence-electron chi connectivity index (χ1n) is 10.1. The smallest absolute Gasteiger partial charge is 0.325 e. The van der Waals surface area contributed by atoms with Crippen LogP contribution in [0.4, 0.5) is 4.79 Å². The second-order valence-corrected chi connectivity index (χ2v) is 7.24. The van der Waals surface area contributed by atoms with Crippen LogP contribution in [-0.4, -0.2) is 30.0 Å². The van der Waals surface area contributed by atoms with E-state index in [1.165, 1.54) is 4.90 Å². The van der Waals surface area contributed by atoms with Crippen LogP contribution in [0.3, 0.4) is 0 Å². The van der Waals surface area contributed by atoms with Crippen LogP contribution in [0.25, 0.3) is 0 Å². The molecule has 0 unspecified atom stereocenters. The van der Waals surface area contributed by atoms with E-state index in [1.807, 2.05) is 91.0 Å². The third-order valence-corrected chi connectivity index (χ3v) is 5.31. The molecule has 1 aliphatic rings. The van der Waals surface area contributed by atoms with Gasteiger partial charge in [0.1, 0.15) is 5.75 Å². The minimum Gasteiger partial charge on any atom is -0.494 e. The Morgan fingerprint density at radius 1 is 0.733 bits per heavy atom. The Morgan fingerprint density at radius 3 is 1.83 bits per heavy atom. The van der Waals surface area contributed by atoms with Crippen molar-refractivity contribution in [2.24, 2.45) is 0 Å². The van der Waals surface area contributed by atoms with Crippen LogP contribution in [0.5, 0.6) is 5.75 Å². The van der Waals surface area contributed by atoms with E-state index in [0.717, 1.165) is 23.3 Å². The van der Waals surface area contributed by atoms with Crippen LogP contribution in [0.15, 0.2) is 91.0 Å². The van der Waals surface area contributed by atoms with Crippen molar-refractivity contribution in [3.63, 3.8) is 0 Å². The maximum atomic E-state index is 13.5. The average Bonchev–Trinajstić information content (AvgIpc) is 3.06. The van der Waals surface area contributed by atoms with Crippen molar-refractivity contribution >= 4 is 11.9 Å². The summed E-state index contributed by atoms with van der Waals surface area (Å²) in [5.41, 5.74) is 0.314. The highest BCUT2D eigenvalue weighted by atomic mass is 16.5. The van der Waals surface area contributed by atoms with Gasteiger partial charge in [-0.1, -0.05) is 78.9 Å². The Kier molecular flexibility index (Phi) is 5.80. The zero-order chi connectivity index (χ0) is 20.8. The summed E-state index contributed by atoms with van der Waals surface area (Å²) in [6, 6.07) is 28.1. The number of ether oxygens (including phenoxy) is 1. The second-order valence-electron chi connectivity index (χ2n) is 7.24. The summed E-state index contributed by atoms with van der Waals surface area (Å²) < 4.78 is 5.70. The van der Waals surface area contributed by atoms with E-state index in [1.54, 1.807) is 0 Å². The van der Waals surface area contributed by atoms with Gasteiger partial charge in [0.15, 0.2) is 5.54 Å². The Labute approximate surface area is 176 Å². The molecule has 152 valence electrons. The summed E-state index contributed by atoms with van der Waals surface area (Å²) in [6.07, 6.45) is 1.42. The molecule has 0 bridgehead atoms. The molecule has 3 aromatic carbocycles. The molecule has 4 rings (SSSR count). The van der Waals surface area contributed by atoms with Crippen LogP contribution in [-0.2, 0) is 10.3 Å². The number of nitrogens with zero attached hydrogens (tertiary/aromatic N) is 1. The van der Waals surface area contributed by atoms with Gasteiger partial charge in [-0.05, 0) is 36.1 Å². The number of unbranched alkanes of at least 4 members (excludes halogenated alkanes) is 1. The first kappa shape index (κ1) is 19.7. The van der Waals surface area contributed by atoms with Gasteiger partial charge in [-0.15, -0.1) is 0 Å². The SMILES string of the molecule is O=C1NC(c2ccccc2)(c2ccccc2)C(=O)N1CCCCOc1ccccc1. The topological polar surface area (TPSA) is 58.6 Å². The van der Waals surface area contributed by atoms with Crippen LogP contribution in [0.1, 0.15) is 24.0 Å². The number of carbonyl (C=O) groups is 2.